The van der Waals surface area contributed by atoms with Crippen molar-refractivity contribution < 1.29 is 4.74 Å². The fraction of sp³-hybridized carbons (Fsp3) is 0.208. The third-order valence-electron chi connectivity index (χ3n) is 5.76. The van der Waals surface area contributed by atoms with E-state index in [9.17, 15) is 0 Å². The molecule has 2 heterocycles. The van der Waals surface area contributed by atoms with E-state index in [4.69, 9.17) is 20.9 Å². The van der Waals surface area contributed by atoms with E-state index in [-0.39, 0.29) is 0 Å². The van der Waals surface area contributed by atoms with Crippen LogP contribution < -0.4 is 10.6 Å². The molecular weight excluding hydrogens is 388 g/mol. The van der Waals surface area contributed by atoms with E-state index in [0.717, 1.165) is 53.2 Å². The van der Waals surface area contributed by atoms with Gasteiger partial charge in [-0.1, -0.05) is 30.3 Å². The fourth-order valence-electron chi connectivity index (χ4n) is 4.26. The molecular formula is C24H24N6O. The number of aliphatic imine (C=N–C) groups is 1. The van der Waals surface area contributed by atoms with Crippen molar-refractivity contribution in [1.29, 1.82) is 5.41 Å². The number of rotatable bonds is 4. The van der Waals surface area contributed by atoms with Gasteiger partial charge in [-0.25, -0.2) is 9.98 Å². The number of ether oxygens (including phenoxy) is 1. The Hall–Kier alpha value is -3.71. The highest BCUT2D eigenvalue weighted by atomic mass is 16.5. The molecule has 0 aliphatic carbocycles. The second-order valence-corrected chi connectivity index (χ2v) is 7.63. The Morgan fingerprint density at radius 2 is 1.84 bits per heavy atom. The minimum absolute atomic E-state index is 0.290. The number of benzene rings is 3. The number of morpholine rings is 1. The van der Waals surface area contributed by atoms with Gasteiger partial charge in [-0.05, 0) is 42.0 Å². The SMILES string of the molecule is Cc1nc2c(C(N)=NC=N)cc(N3CCOCC3)cc2n1-c1ccc2ccccc2c1. The number of amidine groups is 1. The van der Waals surface area contributed by atoms with Crippen LogP contribution >= 0.6 is 0 Å². The van der Waals surface area contributed by atoms with Crippen LogP contribution in [-0.4, -0.2) is 48.0 Å². The van der Waals surface area contributed by atoms with Crippen molar-refractivity contribution in [2.75, 3.05) is 31.2 Å². The lowest BCUT2D eigenvalue weighted by Gasteiger charge is -2.29. The van der Waals surface area contributed by atoms with Gasteiger partial charge in [0.05, 0.1) is 18.7 Å². The number of hydrogen-bond donors (Lipinski definition) is 2. The van der Waals surface area contributed by atoms with Gasteiger partial charge in [0.2, 0.25) is 0 Å². The predicted octanol–water partition coefficient (Wildman–Crippen LogP) is 3.64. The zero-order valence-electron chi connectivity index (χ0n) is 17.4. The first kappa shape index (κ1) is 19.3. The Labute approximate surface area is 180 Å². The van der Waals surface area contributed by atoms with Crippen molar-refractivity contribution in [3.8, 4) is 5.69 Å². The molecule has 156 valence electrons. The first-order chi connectivity index (χ1) is 15.2. The lowest BCUT2D eigenvalue weighted by Crippen LogP contribution is -2.36. The van der Waals surface area contributed by atoms with E-state index in [0.29, 0.717) is 19.0 Å². The summed E-state index contributed by atoms with van der Waals surface area (Å²) in [4.78, 5) is 11.2. The van der Waals surface area contributed by atoms with Crippen LogP contribution in [0.15, 0.2) is 59.6 Å². The molecule has 5 rings (SSSR count). The maximum Gasteiger partial charge on any atom is 0.134 e. The molecule has 0 radical (unpaired) electrons. The van der Waals surface area contributed by atoms with E-state index in [1.54, 1.807) is 0 Å². The molecule has 7 nitrogen and oxygen atoms in total. The number of nitrogens with one attached hydrogen (secondary N) is 1. The van der Waals surface area contributed by atoms with Crippen LogP contribution in [0.1, 0.15) is 11.4 Å². The average molecular weight is 412 g/mol. The van der Waals surface area contributed by atoms with Gasteiger partial charge in [0.15, 0.2) is 0 Å². The molecule has 1 saturated heterocycles. The molecule has 7 heteroatoms. The fourth-order valence-corrected chi connectivity index (χ4v) is 4.26. The monoisotopic (exact) mass is 412 g/mol. The highest BCUT2D eigenvalue weighted by Crippen LogP contribution is 2.31. The third-order valence-corrected chi connectivity index (χ3v) is 5.76. The van der Waals surface area contributed by atoms with Gasteiger partial charge < -0.3 is 15.4 Å². The van der Waals surface area contributed by atoms with Gasteiger partial charge in [-0.15, -0.1) is 0 Å². The summed E-state index contributed by atoms with van der Waals surface area (Å²) in [5.74, 6) is 1.16. The number of aromatic nitrogens is 2. The summed E-state index contributed by atoms with van der Waals surface area (Å²) < 4.78 is 7.69. The van der Waals surface area contributed by atoms with Gasteiger partial charge in [-0.3, -0.25) is 9.98 Å². The van der Waals surface area contributed by atoms with Crippen LogP contribution in [0.5, 0.6) is 0 Å². The maximum atomic E-state index is 7.35. The van der Waals surface area contributed by atoms with Crippen LogP contribution in [-0.2, 0) is 4.74 Å². The highest BCUT2D eigenvalue weighted by Gasteiger charge is 2.20. The summed E-state index contributed by atoms with van der Waals surface area (Å²) >= 11 is 0. The number of nitrogens with two attached hydrogens (primary N) is 1. The van der Waals surface area contributed by atoms with E-state index >= 15 is 0 Å². The zero-order chi connectivity index (χ0) is 21.4. The summed E-state index contributed by atoms with van der Waals surface area (Å²) in [6.07, 6.45) is 0.968. The molecule has 1 aliphatic rings. The summed E-state index contributed by atoms with van der Waals surface area (Å²) in [7, 11) is 0. The Kier molecular flexibility index (Phi) is 4.88. The van der Waals surface area contributed by atoms with Crippen LogP contribution in [0.2, 0.25) is 0 Å². The summed E-state index contributed by atoms with van der Waals surface area (Å²) in [5.41, 5.74) is 10.8. The molecule has 4 aromatic rings. The van der Waals surface area contributed by atoms with Crippen LogP contribution in [0.4, 0.5) is 5.69 Å². The molecule has 3 aromatic carbocycles. The molecule has 31 heavy (non-hydrogen) atoms. The molecule has 0 amide bonds. The number of hydrogen-bond acceptors (Lipinski definition) is 4. The Bertz CT molecular complexity index is 1320. The molecule has 0 bridgehead atoms. The Balaban J connectivity index is 1.76. The average Bonchev–Trinajstić information content (AvgIpc) is 3.14. The van der Waals surface area contributed by atoms with E-state index < -0.39 is 0 Å². The Morgan fingerprint density at radius 3 is 2.61 bits per heavy atom. The smallest absolute Gasteiger partial charge is 0.134 e. The number of fused-ring (bicyclic) bond motifs is 2. The van der Waals surface area contributed by atoms with Gasteiger partial charge in [0, 0.05) is 30.0 Å². The van der Waals surface area contributed by atoms with E-state index in [1.165, 1.54) is 10.8 Å². The zero-order valence-corrected chi connectivity index (χ0v) is 17.4. The summed E-state index contributed by atoms with van der Waals surface area (Å²) in [5, 5.41) is 9.73. The Morgan fingerprint density at radius 1 is 1.06 bits per heavy atom. The van der Waals surface area contributed by atoms with Crippen molar-refractivity contribution in [3.05, 3.63) is 66.0 Å². The molecule has 0 unspecified atom stereocenters. The van der Waals surface area contributed by atoms with Crippen molar-refractivity contribution >= 4 is 39.7 Å². The van der Waals surface area contributed by atoms with Crippen molar-refractivity contribution in [3.63, 3.8) is 0 Å². The lowest BCUT2D eigenvalue weighted by atomic mass is 10.1. The largest absolute Gasteiger partial charge is 0.383 e. The molecule has 0 spiro atoms. The molecule has 1 fully saturated rings. The molecule has 1 aromatic heterocycles. The number of imidazole rings is 1. The highest BCUT2D eigenvalue weighted by molar-refractivity contribution is 6.10. The number of nitrogens with zero attached hydrogens (tertiary/aromatic N) is 4. The quantitative estimate of drug-likeness (QED) is 0.395. The molecule has 0 saturated carbocycles. The molecule has 3 N–H and O–H groups in total. The lowest BCUT2D eigenvalue weighted by molar-refractivity contribution is 0.122. The van der Waals surface area contributed by atoms with Crippen LogP contribution in [0, 0.1) is 12.3 Å². The second kappa shape index (κ2) is 7.85. The van der Waals surface area contributed by atoms with Gasteiger partial charge in [0.1, 0.15) is 23.5 Å². The number of aryl methyl sites for hydroxylation is 1. The van der Waals surface area contributed by atoms with Crippen molar-refractivity contribution in [1.82, 2.24) is 9.55 Å². The van der Waals surface area contributed by atoms with E-state index in [2.05, 4.69) is 50.9 Å². The minimum atomic E-state index is 0.290. The minimum Gasteiger partial charge on any atom is -0.383 e. The maximum absolute atomic E-state index is 7.35. The normalized spacial score (nSPS) is 15.0. The van der Waals surface area contributed by atoms with Crippen molar-refractivity contribution in [2.45, 2.75) is 6.92 Å². The summed E-state index contributed by atoms with van der Waals surface area (Å²) in [6, 6.07) is 18.9. The van der Waals surface area contributed by atoms with Gasteiger partial charge >= 0.3 is 0 Å². The van der Waals surface area contributed by atoms with Crippen molar-refractivity contribution in [2.24, 2.45) is 10.7 Å². The molecule has 0 atom stereocenters. The van der Waals surface area contributed by atoms with Gasteiger partial charge in [0.25, 0.3) is 0 Å². The predicted molar refractivity (Wildman–Crippen MR) is 126 cm³/mol. The topological polar surface area (TPSA) is 92.5 Å². The van der Waals surface area contributed by atoms with Crippen LogP contribution in [0.3, 0.4) is 0 Å². The summed E-state index contributed by atoms with van der Waals surface area (Å²) in [6.45, 7) is 5.02. The molecule has 1 aliphatic heterocycles. The number of anilines is 1. The first-order valence-corrected chi connectivity index (χ1v) is 10.3. The van der Waals surface area contributed by atoms with Crippen LogP contribution in [0.25, 0.3) is 27.5 Å². The first-order valence-electron chi connectivity index (χ1n) is 10.3. The van der Waals surface area contributed by atoms with Gasteiger partial charge in [-0.2, -0.15) is 0 Å². The second-order valence-electron chi connectivity index (χ2n) is 7.63. The standard InChI is InChI=1S/C24H24N6O/c1-16-28-23-21(24(26)27-15-25)13-20(29-8-10-31-11-9-29)14-22(23)30(16)19-7-6-17-4-2-3-5-18(17)12-19/h2-7,12-15H,8-11H2,1H3,(H3,25,26,27). The third kappa shape index (κ3) is 3.43. The van der Waals surface area contributed by atoms with E-state index in [1.807, 2.05) is 25.1 Å².